The Kier molecular flexibility index (Phi) is 3.28. The highest BCUT2D eigenvalue weighted by atomic mass is 79.9. The van der Waals surface area contributed by atoms with Crippen molar-refractivity contribution in [1.82, 2.24) is 14.9 Å². The minimum absolute atomic E-state index is 0.506. The third-order valence-electron chi connectivity index (χ3n) is 3.13. The molecular weight excluding hydrogens is 332 g/mol. The molecule has 1 aliphatic heterocycles. The molecule has 0 saturated carbocycles. The third-order valence-corrected chi connectivity index (χ3v) is 4.67. The molecule has 3 heterocycles. The molecule has 100 valence electrons. The summed E-state index contributed by atoms with van der Waals surface area (Å²) in [5.74, 6) is 0.886. The number of aromatic nitrogens is 2. The zero-order valence-corrected chi connectivity index (χ0v) is 12.3. The topological polar surface area (TPSA) is 69.6 Å². The van der Waals surface area contributed by atoms with Crippen molar-refractivity contribution >= 4 is 49.4 Å². The summed E-state index contributed by atoms with van der Waals surface area (Å²) in [4.78, 5) is 24.0. The molecule has 1 N–H and O–H groups in total. The van der Waals surface area contributed by atoms with Gasteiger partial charge in [-0.3, -0.25) is 0 Å². The Morgan fingerprint density at radius 2 is 2.05 bits per heavy atom. The van der Waals surface area contributed by atoms with Crippen LogP contribution in [0, 0.1) is 0 Å². The maximum atomic E-state index is 10.9. The van der Waals surface area contributed by atoms with E-state index in [-0.39, 0.29) is 0 Å². The van der Waals surface area contributed by atoms with Crippen molar-refractivity contribution in [2.45, 2.75) is 0 Å². The molecule has 1 amide bonds. The molecule has 0 radical (unpaired) electrons. The second-order valence-corrected chi connectivity index (χ2v) is 6.63. The highest BCUT2D eigenvalue weighted by molar-refractivity contribution is 9.11. The maximum Gasteiger partial charge on any atom is 0.407 e. The zero-order valence-electron chi connectivity index (χ0n) is 9.91. The van der Waals surface area contributed by atoms with E-state index in [0.717, 1.165) is 19.8 Å². The van der Waals surface area contributed by atoms with Crippen molar-refractivity contribution in [2.24, 2.45) is 0 Å². The van der Waals surface area contributed by atoms with Crippen molar-refractivity contribution in [1.29, 1.82) is 0 Å². The number of hydrogen-bond acceptors (Lipinski definition) is 5. The van der Waals surface area contributed by atoms with Gasteiger partial charge in [0.15, 0.2) is 0 Å². The van der Waals surface area contributed by atoms with Crippen LogP contribution in [0.3, 0.4) is 0 Å². The molecular formula is C11H11BrN4O2S. The Labute approximate surface area is 121 Å². The summed E-state index contributed by atoms with van der Waals surface area (Å²) in [5, 5.41) is 9.96. The monoisotopic (exact) mass is 342 g/mol. The third kappa shape index (κ3) is 2.37. The van der Waals surface area contributed by atoms with Gasteiger partial charge in [0, 0.05) is 26.2 Å². The fraction of sp³-hybridized carbons (Fsp3) is 0.364. The van der Waals surface area contributed by atoms with E-state index in [0.29, 0.717) is 26.2 Å². The van der Waals surface area contributed by atoms with Crippen LogP contribution in [0.2, 0.25) is 0 Å². The molecule has 0 spiro atoms. The van der Waals surface area contributed by atoms with Crippen molar-refractivity contribution in [2.75, 3.05) is 31.1 Å². The largest absolute Gasteiger partial charge is 0.465 e. The molecule has 0 unspecified atom stereocenters. The van der Waals surface area contributed by atoms with Gasteiger partial charge in [0.05, 0.1) is 9.17 Å². The van der Waals surface area contributed by atoms with Crippen LogP contribution in [0.1, 0.15) is 0 Å². The zero-order chi connectivity index (χ0) is 13.4. The van der Waals surface area contributed by atoms with Crippen molar-refractivity contribution in [3.63, 3.8) is 0 Å². The molecule has 6 nitrogen and oxygen atoms in total. The fourth-order valence-corrected chi connectivity index (χ4v) is 3.59. The highest BCUT2D eigenvalue weighted by Crippen LogP contribution is 2.33. The van der Waals surface area contributed by atoms with E-state index >= 15 is 0 Å². The average molecular weight is 343 g/mol. The second kappa shape index (κ2) is 4.93. The van der Waals surface area contributed by atoms with E-state index in [1.54, 1.807) is 17.7 Å². The van der Waals surface area contributed by atoms with Gasteiger partial charge in [-0.05, 0) is 22.0 Å². The Balaban J connectivity index is 1.87. The Hall–Kier alpha value is -1.41. The van der Waals surface area contributed by atoms with Gasteiger partial charge in [0.1, 0.15) is 17.0 Å². The summed E-state index contributed by atoms with van der Waals surface area (Å²) in [6.07, 6.45) is 0.704. The number of fused-ring (bicyclic) bond motifs is 1. The average Bonchev–Trinajstić information content (AvgIpc) is 2.78. The minimum atomic E-state index is -0.856. The first-order valence-electron chi connectivity index (χ1n) is 5.78. The van der Waals surface area contributed by atoms with Crippen LogP contribution >= 0.6 is 27.3 Å². The number of anilines is 1. The number of halogens is 1. The van der Waals surface area contributed by atoms with Crippen LogP contribution in [0.15, 0.2) is 16.2 Å². The molecule has 0 aromatic carbocycles. The van der Waals surface area contributed by atoms with Crippen LogP contribution in [-0.2, 0) is 0 Å². The van der Waals surface area contributed by atoms with Gasteiger partial charge >= 0.3 is 6.09 Å². The first kappa shape index (κ1) is 12.6. The van der Waals surface area contributed by atoms with E-state index in [2.05, 4.69) is 30.8 Å². The minimum Gasteiger partial charge on any atom is -0.465 e. The first-order chi connectivity index (χ1) is 9.15. The standard InChI is InChI=1S/C11H11BrN4O2S/c12-8-5-7-9(13-6-14-10(7)19-8)15-1-3-16(4-2-15)11(17)18/h5-6H,1-4H2,(H,17,18). The molecule has 1 aliphatic rings. The van der Waals surface area contributed by atoms with Crippen molar-refractivity contribution < 1.29 is 9.90 Å². The predicted octanol–water partition coefficient (Wildman–Crippen LogP) is 2.25. The number of carbonyl (C=O) groups is 1. The van der Waals surface area contributed by atoms with E-state index in [1.807, 2.05) is 6.07 Å². The van der Waals surface area contributed by atoms with E-state index < -0.39 is 6.09 Å². The number of nitrogens with zero attached hydrogens (tertiary/aromatic N) is 4. The summed E-state index contributed by atoms with van der Waals surface area (Å²) in [6, 6.07) is 2.01. The summed E-state index contributed by atoms with van der Waals surface area (Å²) in [5.41, 5.74) is 0. The van der Waals surface area contributed by atoms with Crippen LogP contribution in [0.4, 0.5) is 10.6 Å². The lowest BCUT2D eigenvalue weighted by molar-refractivity contribution is 0.142. The van der Waals surface area contributed by atoms with E-state index in [9.17, 15) is 4.79 Å². The van der Waals surface area contributed by atoms with Crippen LogP contribution in [-0.4, -0.2) is 52.2 Å². The maximum absolute atomic E-state index is 10.9. The Morgan fingerprint density at radius 1 is 1.32 bits per heavy atom. The Bertz CT molecular complexity index is 624. The number of thiophene rings is 1. The normalized spacial score (nSPS) is 16.1. The molecule has 0 atom stereocenters. The van der Waals surface area contributed by atoms with E-state index in [4.69, 9.17) is 5.11 Å². The highest BCUT2D eigenvalue weighted by Gasteiger charge is 2.23. The smallest absolute Gasteiger partial charge is 0.407 e. The van der Waals surface area contributed by atoms with E-state index in [1.165, 1.54) is 4.90 Å². The molecule has 0 bridgehead atoms. The van der Waals surface area contributed by atoms with Crippen LogP contribution < -0.4 is 4.90 Å². The molecule has 1 fully saturated rings. The Morgan fingerprint density at radius 3 is 2.74 bits per heavy atom. The first-order valence-corrected chi connectivity index (χ1v) is 7.39. The molecule has 19 heavy (non-hydrogen) atoms. The van der Waals surface area contributed by atoms with Gasteiger partial charge in [-0.2, -0.15) is 0 Å². The number of carboxylic acid groups (broad SMARTS) is 1. The number of hydrogen-bond donors (Lipinski definition) is 1. The van der Waals surface area contributed by atoms with Crippen molar-refractivity contribution in [3.8, 4) is 0 Å². The lowest BCUT2D eigenvalue weighted by Crippen LogP contribution is -2.48. The summed E-state index contributed by atoms with van der Waals surface area (Å²) >= 11 is 5.03. The number of piperazine rings is 1. The SMILES string of the molecule is O=C(O)N1CCN(c2ncnc3sc(Br)cc23)CC1. The fourth-order valence-electron chi connectivity index (χ4n) is 2.18. The molecule has 8 heteroatoms. The van der Waals surface area contributed by atoms with Gasteiger partial charge in [-0.25, -0.2) is 14.8 Å². The quantitative estimate of drug-likeness (QED) is 0.860. The van der Waals surface area contributed by atoms with Gasteiger partial charge in [-0.15, -0.1) is 11.3 Å². The lowest BCUT2D eigenvalue weighted by atomic mass is 10.3. The number of rotatable bonds is 1. The summed E-state index contributed by atoms with van der Waals surface area (Å²) in [7, 11) is 0. The molecule has 2 aromatic heterocycles. The lowest BCUT2D eigenvalue weighted by Gasteiger charge is -2.33. The molecule has 0 aliphatic carbocycles. The van der Waals surface area contributed by atoms with Gasteiger partial charge < -0.3 is 14.9 Å². The molecule has 3 rings (SSSR count). The molecule has 1 saturated heterocycles. The molecule has 2 aromatic rings. The number of amides is 1. The van der Waals surface area contributed by atoms with Crippen molar-refractivity contribution in [3.05, 3.63) is 16.2 Å². The summed E-state index contributed by atoms with van der Waals surface area (Å²) < 4.78 is 1.02. The van der Waals surface area contributed by atoms with Gasteiger partial charge in [0.25, 0.3) is 0 Å². The van der Waals surface area contributed by atoms with Crippen LogP contribution in [0.5, 0.6) is 0 Å². The second-order valence-electron chi connectivity index (χ2n) is 4.22. The van der Waals surface area contributed by atoms with Crippen LogP contribution in [0.25, 0.3) is 10.2 Å². The van der Waals surface area contributed by atoms with Gasteiger partial charge in [0.2, 0.25) is 0 Å². The predicted molar refractivity (Wildman–Crippen MR) is 76.9 cm³/mol. The summed E-state index contributed by atoms with van der Waals surface area (Å²) in [6.45, 7) is 2.33. The van der Waals surface area contributed by atoms with Gasteiger partial charge in [-0.1, -0.05) is 0 Å².